The number of aliphatic hydroxyl groups is 1. The molecule has 9 heteroatoms. The standard InChI is InChI=1S/C18H26N4O5/c1-18(2,3)27-16(24)21-8-6-20(7-9-21)15-5-4-13(10-19-15)22-11-14(12-23)26-17(22)25/h4-5,10,14,23H,6-9,11-12H2,1-3H3/t14-/m1/s1. The zero-order valence-corrected chi connectivity index (χ0v) is 15.9. The Labute approximate surface area is 158 Å². The van der Waals surface area contributed by atoms with E-state index in [2.05, 4.69) is 9.88 Å². The maximum Gasteiger partial charge on any atom is 0.414 e. The molecule has 2 saturated heterocycles. The van der Waals surface area contributed by atoms with E-state index < -0.39 is 17.8 Å². The van der Waals surface area contributed by atoms with Gasteiger partial charge in [-0.25, -0.2) is 14.6 Å². The first-order valence-electron chi connectivity index (χ1n) is 9.05. The number of cyclic esters (lactones) is 1. The number of carbonyl (C=O) groups is 2. The molecule has 1 aromatic rings. The lowest BCUT2D eigenvalue weighted by Gasteiger charge is -2.36. The number of anilines is 2. The zero-order chi connectivity index (χ0) is 19.6. The minimum absolute atomic E-state index is 0.199. The Bertz CT molecular complexity index is 680. The summed E-state index contributed by atoms with van der Waals surface area (Å²) in [6.45, 7) is 8.11. The van der Waals surface area contributed by atoms with Gasteiger partial charge < -0.3 is 24.4 Å². The third-order valence-electron chi connectivity index (χ3n) is 4.38. The van der Waals surface area contributed by atoms with Gasteiger partial charge in [0.25, 0.3) is 0 Å². The van der Waals surface area contributed by atoms with E-state index in [0.717, 1.165) is 5.82 Å². The van der Waals surface area contributed by atoms with E-state index in [0.29, 0.717) is 38.4 Å². The minimum atomic E-state index is -0.503. The van der Waals surface area contributed by atoms with Gasteiger partial charge in [-0.3, -0.25) is 4.90 Å². The first-order valence-corrected chi connectivity index (χ1v) is 9.05. The molecule has 2 amide bonds. The van der Waals surface area contributed by atoms with E-state index in [1.54, 1.807) is 11.1 Å². The minimum Gasteiger partial charge on any atom is -0.444 e. The first kappa shape index (κ1) is 19.2. The quantitative estimate of drug-likeness (QED) is 0.851. The van der Waals surface area contributed by atoms with Gasteiger partial charge in [-0.05, 0) is 32.9 Å². The first-order chi connectivity index (χ1) is 12.8. The summed E-state index contributed by atoms with van der Waals surface area (Å²) >= 11 is 0. The van der Waals surface area contributed by atoms with E-state index in [1.807, 2.05) is 32.9 Å². The number of carbonyl (C=O) groups excluding carboxylic acids is 2. The fourth-order valence-electron chi connectivity index (χ4n) is 3.00. The van der Waals surface area contributed by atoms with E-state index >= 15 is 0 Å². The molecule has 2 aliphatic heterocycles. The Kier molecular flexibility index (Phi) is 5.41. The van der Waals surface area contributed by atoms with Gasteiger partial charge in [-0.15, -0.1) is 0 Å². The van der Waals surface area contributed by atoms with Crippen LogP contribution in [0.4, 0.5) is 21.1 Å². The van der Waals surface area contributed by atoms with Crippen LogP contribution in [0.2, 0.25) is 0 Å². The molecule has 2 fully saturated rings. The molecule has 1 N–H and O–H groups in total. The number of nitrogens with zero attached hydrogens (tertiary/aromatic N) is 4. The number of hydrogen-bond donors (Lipinski definition) is 1. The van der Waals surface area contributed by atoms with Gasteiger partial charge in [-0.1, -0.05) is 0 Å². The fourth-order valence-corrected chi connectivity index (χ4v) is 3.00. The topological polar surface area (TPSA) is 95.4 Å². The Hall–Kier alpha value is -2.55. The van der Waals surface area contributed by atoms with Crippen LogP contribution in [0.15, 0.2) is 18.3 Å². The molecule has 2 aliphatic rings. The highest BCUT2D eigenvalue weighted by Gasteiger charge is 2.32. The lowest BCUT2D eigenvalue weighted by Crippen LogP contribution is -2.50. The smallest absolute Gasteiger partial charge is 0.414 e. The van der Waals surface area contributed by atoms with Crippen LogP contribution >= 0.6 is 0 Å². The molecule has 0 saturated carbocycles. The third-order valence-corrected chi connectivity index (χ3v) is 4.38. The second-order valence-corrected chi connectivity index (χ2v) is 7.63. The van der Waals surface area contributed by atoms with Crippen LogP contribution in [0.3, 0.4) is 0 Å². The van der Waals surface area contributed by atoms with Crippen LogP contribution in [-0.4, -0.2) is 78.2 Å². The molecule has 27 heavy (non-hydrogen) atoms. The van der Waals surface area contributed by atoms with Gasteiger partial charge in [0.15, 0.2) is 0 Å². The number of aliphatic hydroxyl groups excluding tert-OH is 1. The van der Waals surface area contributed by atoms with E-state index in [9.17, 15) is 9.59 Å². The summed E-state index contributed by atoms with van der Waals surface area (Å²) in [5.41, 5.74) is 0.129. The monoisotopic (exact) mass is 378 g/mol. The number of hydrogen-bond acceptors (Lipinski definition) is 7. The number of ether oxygens (including phenoxy) is 2. The van der Waals surface area contributed by atoms with Crippen molar-refractivity contribution < 1.29 is 24.2 Å². The summed E-state index contributed by atoms with van der Waals surface area (Å²) in [4.78, 5) is 33.7. The number of aromatic nitrogens is 1. The molecule has 9 nitrogen and oxygen atoms in total. The van der Waals surface area contributed by atoms with Crippen molar-refractivity contribution in [3.63, 3.8) is 0 Å². The molecule has 0 spiro atoms. The van der Waals surface area contributed by atoms with Gasteiger partial charge in [-0.2, -0.15) is 0 Å². The molecule has 0 unspecified atom stereocenters. The van der Waals surface area contributed by atoms with Gasteiger partial charge in [0.05, 0.1) is 25.0 Å². The van der Waals surface area contributed by atoms with Crippen LogP contribution in [-0.2, 0) is 9.47 Å². The van der Waals surface area contributed by atoms with Crippen molar-refractivity contribution in [1.82, 2.24) is 9.88 Å². The average molecular weight is 378 g/mol. The summed E-state index contributed by atoms with van der Waals surface area (Å²) in [5, 5.41) is 9.12. The van der Waals surface area contributed by atoms with Gasteiger partial charge in [0, 0.05) is 26.2 Å². The third kappa shape index (κ3) is 4.60. The molecule has 0 radical (unpaired) electrons. The summed E-state index contributed by atoms with van der Waals surface area (Å²) < 4.78 is 10.4. The molecular weight excluding hydrogens is 352 g/mol. The maximum atomic E-state index is 12.1. The van der Waals surface area contributed by atoms with Crippen LogP contribution in [0, 0.1) is 0 Å². The van der Waals surface area contributed by atoms with Gasteiger partial charge >= 0.3 is 12.2 Å². The predicted molar refractivity (Wildman–Crippen MR) is 99.0 cm³/mol. The lowest BCUT2D eigenvalue weighted by molar-refractivity contribution is 0.0240. The van der Waals surface area contributed by atoms with Crippen LogP contribution in [0.1, 0.15) is 20.8 Å². The second-order valence-electron chi connectivity index (χ2n) is 7.63. The number of pyridine rings is 1. The highest BCUT2D eigenvalue weighted by molar-refractivity contribution is 5.89. The molecule has 1 atom stereocenters. The molecule has 148 valence electrons. The normalized spacial score (nSPS) is 20.7. The largest absolute Gasteiger partial charge is 0.444 e. The fraction of sp³-hybridized carbons (Fsp3) is 0.611. The molecular formula is C18H26N4O5. The Morgan fingerprint density at radius 3 is 2.52 bits per heavy atom. The van der Waals surface area contributed by atoms with Crippen LogP contribution in [0.25, 0.3) is 0 Å². The molecule has 0 aromatic carbocycles. The number of amides is 2. The van der Waals surface area contributed by atoms with Crippen molar-refractivity contribution in [2.45, 2.75) is 32.5 Å². The highest BCUT2D eigenvalue weighted by atomic mass is 16.6. The van der Waals surface area contributed by atoms with Crippen molar-refractivity contribution >= 4 is 23.7 Å². The molecule has 0 bridgehead atoms. The lowest BCUT2D eigenvalue weighted by atomic mass is 10.2. The van der Waals surface area contributed by atoms with Crippen molar-refractivity contribution in [3.8, 4) is 0 Å². The average Bonchev–Trinajstić information content (AvgIpc) is 3.01. The highest BCUT2D eigenvalue weighted by Crippen LogP contribution is 2.23. The summed E-state index contributed by atoms with van der Waals surface area (Å²) in [6.07, 6.45) is 0.348. The van der Waals surface area contributed by atoms with E-state index in [4.69, 9.17) is 14.6 Å². The van der Waals surface area contributed by atoms with Crippen molar-refractivity contribution in [1.29, 1.82) is 0 Å². The summed E-state index contributed by atoms with van der Waals surface area (Å²) in [6, 6.07) is 3.65. The van der Waals surface area contributed by atoms with E-state index in [-0.39, 0.29) is 12.7 Å². The molecule has 3 rings (SSSR count). The SMILES string of the molecule is CC(C)(C)OC(=O)N1CCN(c2ccc(N3C[C@H](CO)OC3=O)cn2)CC1. The summed E-state index contributed by atoms with van der Waals surface area (Å²) in [7, 11) is 0. The van der Waals surface area contributed by atoms with Crippen LogP contribution in [0.5, 0.6) is 0 Å². The van der Waals surface area contributed by atoms with Gasteiger partial charge in [0.2, 0.25) is 0 Å². The molecule has 1 aromatic heterocycles. The number of rotatable bonds is 3. The van der Waals surface area contributed by atoms with Crippen LogP contribution < -0.4 is 9.80 Å². The predicted octanol–water partition coefficient (Wildman–Crippen LogP) is 1.46. The Morgan fingerprint density at radius 1 is 1.30 bits per heavy atom. The Balaban J connectivity index is 1.56. The van der Waals surface area contributed by atoms with Crippen molar-refractivity contribution in [2.24, 2.45) is 0 Å². The Morgan fingerprint density at radius 2 is 2.00 bits per heavy atom. The van der Waals surface area contributed by atoms with Crippen molar-refractivity contribution in [3.05, 3.63) is 18.3 Å². The van der Waals surface area contributed by atoms with Gasteiger partial charge in [0.1, 0.15) is 17.5 Å². The zero-order valence-electron chi connectivity index (χ0n) is 15.9. The number of piperazine rings is 1. The van der Waals surface area contributed by atoms with Crippen molar-refractivity contribution in [2.75, 3.05) is 49.1 Å². The van der Waals surface area contributed by atoms with E-state index in [1.165, 1.54) is 4.90 Å². The summed E-state index contributed by atoms with van der Waals surface area (Å²) in [5.74, 6) is 0.786. The maximum absolute atomic E-state index is 12.1. The second kappa shape index (κ2) is 7.59. The molecule has 3 heterocycles. The molecule has 0 aliphatic carbocycles.